The van der Waals surface area contributed by atoms with Crippen LogP contribution in [0.25, 0.3) is 0 Å². The number of benzene rings is 2. The van der Waals surface area contributed by atoms with Crippen LogP contribution in [0.1, 0.15) is 57.2 Å². The molecule has 2 amide bonds. The average Bonchev–Trinajstić information content (AvgIpc) is 3.01. The summed E-state index contributed by atoms with van der Waals surface area (Å²) in [4.78, 5) is 19.8. The van der Waals surface area contributed by atoms with E-state index in [1.165, 1.54) is 32.4 Å². The number of hydrogen-bond donors (Lipinski definition) is 1. The van der Waals surface area contributed by atoms with Gasteiger partial charge in [0.05, 0.1) is 6.04 Å². The van der Waals surface area contributed by atoms with Crippen molar-refractivity contribution in [1.82, 2.24) is 20.0 Å². The van der Waals surface area contributed by atoms with E-state index in [2.05, 4.69) is 74.2 Å². The van der Waals surface area contributed by atoms with E-state index < -0.39 is 0 Å². The van der Waals surface area contributed by atoms with E-state index in [1.807, 2.05) is 41.3 Å². The molecule has 2 aliphatic rings. The Balaban J connectivity index is 0.000000302. The molecule has 0 saturated carbocycles. The molecular formula is C29H44N4O. The zero-order chi connectivity index (χ0) is 24.5. The summed E-state index contributed by atoms with van der Waals surface area (Å²) in [5.74, 6) is 0.968. The smallest absolute Gasteiger partial charge is 0.318 e. The molecule has 2 saturated heterocycles. The maximum absolute atomic E-state index is 13.1. The fourth-order valence-corrected chi connectivity index (χ4v) is 5.24. The van der Waals surface area contributed by atoms with E-state index in [0.29, 0.717) is 0 Å². The van der Waals surface area contributed by atoms with Crippen LogP contribution in [0, 0.1) is 5.92 Å². The Morgan fingerprint density at radius 1 is 0.794 bits per heavy atom. The topological polar surface area (TPSA) is 38.8 Å². The third kappa shape index (κ3) is 7.57. The van der Waals surface area contributed by atoms with Crippen molar-refractivity contribution in [1.29, 1.82) is 0 Å². The summed E-state index contributed by atoms with van der Waals surface area (Å²) in [7, 11) is 4.33. The van der Waals surface area contributed by atoms with Crippen LogP contribution in [0.15, 0.2) is 60.7 Å². The molecule has 2 aliphatic heterocycles. The first-order chi connectivity index (χ1) is 16.3. The summed E-state index contributed by atoms with van der Waals surface area (Å²) in [6.45, 7) is 11.0. The molecule has 2 aromatic rings. The highest BCUT2D eigenvalue weighted by Crippen LogP contribution is 2.23. The minimum absolute atomic E-state index is 0.00538. The first-order valence-electron chi connectivity index (χ1n) is 12.9. The predicted octanol–water partition coefficient (Wildman–Crippen LogP) is 5.25. The van der Waals surface area contributed by atoms with Gasteiger partial charge in [0.15, 0.2) is 0 Å². The molecule has 0 radical (unpaired) electrons. The largest absolute Gasteiger partial charge is 0.327 e. The van der Waals surface area contributed by atoms with Crippen molar-refractivity contribution in [2.45, 2.75) is 58.2 Å². The highest BCUT2D eigenvalue weighted by atomic mass is 16.2. The maximum Gasteiger partial charge on any atom is 0.318 e. The summed E-state index contributed by atoms with van der Waals surface area (Å²) in [6, 6.07) is 20.6. The van der Waals surface area contributed by atoms with Crippen molar-refractivity contribution in [2.75, 3.05) is 40.3 Å². The summed E-state index contributed by atoms with van der Waals surface area (Å²) < 4.78 is 0. The second kappa shape index (κ2) is 12.9. The maximum atomic E-state index is 13.1. The fourth-order valence-electron chi connectivity index (χ4n) is 5.24. The zero-order valence-electron chi connectivity index (χ0n) is 21.8. The van der Waals surface area contributed by atoms with Gasteiger partial charge in [-0.3, -0.25) is 0 Å². The third-order valence-electron chi connectivity index (χ3n) is 7.11. The lowest BCUT2D eigenvalue weighted by molar-refractivity contribution is 0.0769. The van der Waals surface area contributed by atoms with Crippen LogP contribution in [0.2, 0.25) is 0 Å². The minimum atomic E-state index is -0.144. The molecule has 5 heteroatoms. The molecule has 0 aliphatic carbocycles. The van der Waals surface area contributed by atoms with Gasteiger partial charge < -0.3 is 20.0 Å². The lowest BCUT2D eigenvalue weighted by Gasteiger charge is -2.43. The van der Waals surface area contributed by atoms with E-state index in [-0.39, 0.29) is 24.2 Å². The number of rotatable bonds is 3. The van der Waals surface area contributed by atoms with Crippen LogP contribution in [-0.2, 0) is 0 Å². The van der Waals surface area contributed by atoms with E-state index in [1.54, 1.807) is 0 Å². The second-order valence-electron chi connectivity index (χ2n) is 10.4. The first-order valence-corrected chi connectivity index (χ1v) is 12.9. The standard InChI is InChI=1S/C21H27N3O.C8H17N/c1-16-14-23(3)15-17(2)24(16)21(25)22-20(18-10-6-4-7-11-18)19-12-8-5-9-13-19;1-8-4-3-6-9(2)7-5-8/h4-13,16-17,20H,14-15H2,1-3H3,(H,22,25);8H,3-7H2,1-2H3. The van der Waals surface area contributed by atoms with Gasteiger partial charge in [0.1, 0.15) is 0 Å². The molecule has 4 rings (SSSR count). The molecule has 0 bridgehead atoms. The van der Waals surface area contributed by atoms with Gasteiger partial charge in [-0.1, -0.05) is 67.6 Å². The number of amides is 2. The van der Waals surface area contributed by atoms with E-state index >= 15 is 0 Å². The highest BCUT2D eigenvalue weighted by molar-refractivity contribution is 5.76. The molecule has 0 aromatic heterocycles. The van der Waals surface area contributed by atoms with Gasteiger partial charge in [-0.2, -0.15) is 0 Å². The van der Waals surface area contributed by atoms with E-state index in [0.717, 1.165) is 30.1 Å². The molecule has 186 valence electrons. The van der Waals surface area contributed by atoms with Gasteiger partial charge in [-0.25, -0.2) is 4.79 Å². The van der Waals surface area contributed by atoms with Crippen LogP contribution in [0.3, 0.4) is 0 Å². The van der Waals surface area contributed by atoms with Crippen molar-refractivity contribution in [3.05, 3.63) is 71.8 Å². The van der Waals surface area contributed by atoms with E-state index in [9.17, 15) is 4.79 Å². The molecule has 2 aromatic carbocycles. The predicted molar refractivity (Wildman–Crippen MR) is 142 cm³/mol. The van der Waals surface area contributed by atoms with Crippen molar-refractivity contribution in [3.8, 4) is 0 Å². The van der Waals surface area contributed by atoms with Crippen molar-refractivity contribution in [3.63, 3.8) is 0 Å². The quantitative estimate of drug-likeness (QED) is 0.674. The number of likely N-dealkylation sites (tertiary alicyclic amines) is 1. The molecule has 2 heterocycles. The average molecular weight is 465 g/mol. The Hall–Kier alpha value is -2.37. The summed E-state index contributed by atoms with van der Waals surface area (Å²) >= 11 is 0. The van der Waals surface area contributed by atoms with Crippen LogP contribution in [-0.4, -0.2) is 73.1 Å². The van der Waals surface area contributed by atoms with Crippen LogP contribution < -0.4 is 5.32 Å². The Bertz CT molecular complexity index is 797. The molecule has 1 N–H and O–H groups in total. The first kappa shape index (κ1) is 26.2. The normalized spacial score (nSPS) is 24.2. The number of nitrogens with zero attached hydrogens (tertiary/aromatic N) is 3. The number of piperazine rings is 1. The molecule has 0 spiro atoms. The van der Waals surface area contributed by atoms with Crippen molar-refractivity contribution in [2.24, 2.45) is 5.92 Å². The summed E-state index contributed by atoms with van der Waals surface area (Å²) in [5.41, 5.74) is 2.19. The summed E-state index contributed by atoms with van der Waals surface area (Å²) in [5, 5.41) is 3.26. The number of likely N-dealkylation sites (N-methyl/N-ethyl adjacent to an activating group) is 1. The molecule has 3 unspecified atom stereocenters. The van der Waals surface area contributed by atoms with Gasteiger partial charge in [0.25, 0.3) is 0 Å². The Labute approximate surface area is 207 Å². The number of hydrogen-bond acceptors (Lipinski definition) is 3. The molecule has 3 atom stereocenters. The monoisotopic (exact) mass is 464 g/mol. The highest BCUT2D eigenvalue weighted by Gasteiger charge is 2.32. The zero-order valence-corrected chi connectivity index (χ0v) is 21.8. The molecule has 34 heavy (non-hydrogen) atoms. The number of carbonyl (C=O) groups is 1. The lowest BCUT2D eigenvalue weighted by Crippen LogP contribution is -2.60. The number of urea groups is 1. The Morgan fingerprint density at radius 3 is 1.85 bits per heavy atom. The molecule has 2 fully saturated rings. The second-order valence-corrected chi connectivity index (χ2v) is 10.4. The van der Waals surface area contributed by atoms with Crippen molar-refractivity contribution >= 4 is 6.03 Å². The van der Waals surface area contributed by atoms with Gasteiger partial charge in [0.2, 0.25) is 0 Å². The van der Waals surface area contributed by atoms with Crippen LogP contribution in [0.5, 0.6) is 0 Å². The van der Waals surface area contributed by atoms with Gasteiger partial charge >= 0.3 is 6.03 Å². The van der Waals surface area contributed by atoms with Crippen LogP contribution in [0.4, 0.5) is 4.79 Å². The van der Waals surface area contributed by atoms with E-state index in [4.69, 9.17) is 0 Å². The Morgan fingerprint density at radius 2 is 1.32 bits per heavy atom. The van der Waals surface area contributed by atoms with Crippen LogP contribution >= 0.6 is 0 Å². The van der Waals surface area contributed by atoms with Gasteiger partial charge in [-0.15, -0.1) is 0 Å². The molecule has 5 nitrogen and oxygen atoms in total. The summed E-state index contributed by atoms with van der Waals surface area (Å²) in [6.07, 6.45) is 4.23. The number of nitrogens with one attached hydrogen (secondary N) is 1. The molecular weight excluding hydrogens is 420 g/mol. The Kier molecular flexibility index (Phi) is 9.97. The lowest BCUT2D eigenvalue weighted by atomic mass is 9.99. The van der Waals surface area contributed by atoms with Gasteiger partial charge in [-0.05, 0) is 77.3 Å². The van der Waals surface area contributed by atoms with Crippen molar-refractivity contribution < 1.29 is 4.79 Å². The minimum Gasteiger partial charge on any atom is -0.327 e. The van der Waals surface area contributed by atoms with Gasteiger partial charge in [0, 0.05) is 25.2 Å². The SMILES string of the molecule is CC1CCCN(C)CC1.CC1CN(C)CC(C)N1C(=O)NC(c1ccccc1)c1ccccc1. The number of carbonyl (C=O) groups excluding carboxylic acids is 1. The third-order valence-corrected chi connectivity index (χ3v) is 7.11. The fraction of sp³-hybridized carbons (Fsp3) is 0.552.